The van der Waals surface area contributed by atoms with Crippen LogP contribution >= 0.6 is 0 Å². The van der Waals surface area contributed by atoms with Gasteiger partial charge in [0, 0.05) is 0 Å². The number of rotatable bonds is 5. The van der Waals surface area contributed by atoms with Gasteiger partial charge in [0.2, 0.25) is 0 Å². The van der Waals surface area contributed by atoms with Gasteiger partial charge in [-0.15, -0.1) is 0 Å². The molecule has 0 aliphatic rings. The Kier molecular flexibility index (Phi) is 5.23. The lowest BCUT2D eigenvalue weighted by Crippen LogP contribution is -2.27. The maximum absolute atomic E-state index is 11.6. The first kappa shape index (κ1) is 16.8. The van der Waals surface area contributed by atoms with Gasteiger partial charge < -0.3 is 19.6 Å². The summed E-state index contributed by atoms with van der Waals surface area (Å²) in [6, 6.07) is 6.98. The molecule has 7 heteroatoms. The molecule has 7 nitrogen and oxygen atoms in total. The Morgan fingerprint density at radius 1 is 1.26 bits per heavy atom. The minimum Gasteiger partial charge on any atom is -0.462 e. The molecule has 0 atom stereocenters. The fourth-order valence-corrected chi connectivity index (χ4v) is 1.77. The van der Waals surface area contributed by atoms with E-state index in [2.05, 4.69) is 15.6 Å². The molecular formula is C16H21N3O4. The zero-order valence-electron chi connectivity index (χ0n) is 13.4. The third-order valence-corrected chi connectivity index (χ3v) is 2.73. The summed E-state index contributed by atoms with van der Waals surface area (Å²) in [6.07, 6.45) is 1.06. The summed E-state index contributed by atoms with van der Waals surface area (Å²) in [7, 11) is 0. The molecule has 2 heterocycles. The molecule has 23 heavy (non-hydrogen) atoms. The fourth-order valence-electron chi connectivity index (χ4n) is 1.77. The van der Waals surface area contributed by atoms with Gasteiger partial charge in [-0.3, -0.25) is 5.32 Å². The van der Waals surface area contributed by atoms with E-state index in [4.69, 9.17) is 14.3 Å². The Labute approximate surface area is 134 Å². The third kappa shape index (κ3) is 5.63. The van der Waals surface area contributed by atoms with Crippen molar-refractivity contribution in [3.8, 4) is 0 Å². The maximum Gasteiger partial charge on any atom is 0.413 e. The molecule has 0 aliphatic carbocycles. The number of carbonyl (C=O) groups excluding carboxylic acids is 1. The minimum absolute atomic E-state index is 0.118. The normalized spacial score (nSPS) is 11.1. The summed E-state index contributed by atoms with van der Waals surface area (Å²) in [4.78, 5) is 15.8. The molecule has 0 aliphatic heterocycles. The van der Waals surface area contributed by atoms with Crippen LogP contribution in [-0.2, 0) is 17.9 Å². The molecule has 0 saturated carbocycles. The zero-order chi connectivity index (χ0) is 16.9. The van der Waals surface area contributed by atoms with Crippen LogP contribution in [0.3, 0.4) is 0 Å². The van der Waals surface area contributed by atoms with Gasteiger partial charge in [-0.25, -0.2) is 9.78 Å². The molecule has 2 aromatic heterocycles. The van der Waals surface area contributed by atoms with Crippen molar-refractivity contribution in [3.05, 3.63) is 42.0 Å². The van der Waals surface area contributed by atoms with E-state index in [1.807, 2.05) is 0 Å². The first-order valence-electron chi connectivity index (χ1n) is 7.24. The predicted octanol–water partition coefficient (Wildman–Crippen LogP) is 3.13. The number of amides is 1. The molecule has 124 valence electrons. The predicted molar refractivity (Wildman–Crippen MR) is 86.1 cm³/mol. The number of aliphatic hydroxyl groups excluding tert-OH is 1. The zero-order valence-corrected chi connectivity index (χ0v) is 13.4. The van der Waals surface area contributed by atoms with E-state index in [1.54, 1.807) is 51.2 Å². The van der Waals surface area contributed by atoms with E-state index in [9.17, 15) is 4.79 Å². The standard InChI is InChI=1S/C16H21N3O4/c1-16(2,3)23-15(21)19-14-7-4-11(8-18-14)17-9-12-5-6-13(10-20)22-12/h4-8,17,20H,9-10H2,1-3H3,(H,18,19,21). The number of hydrogen-bond acceptors (Lipinski definition) is 6. The van der Waals surface area contributed by atoms with Crippen molar-refractivity contribution in [3.63, 3.8) is 0 Å². The van der Waals surface area contributed by atoms with E-state index >= 15 is 0 Å². The number of furan rings is 1. The van der Waals surface area contributed by atoms with Gasteiger partial charge in [0.1, 0.15) is 29.5 Å². The van der Waals surface area contributed by atoms with Gasteiger partial charge >= 0.3 is 6.09 Å². The lowest BCUT2D eigenvalue weighted by atomic mass is 10.2. The van der Waals surface area contributed by atoms with Crippen molar-refractivity contribution in [1.82, 2.24) is 4.98 Å². The number of anilines is 2. The van der Waals surface area contributed by atoms with Gasteiger partial charge in [-0.1, -0.05) is 0 Å². The molecule has 0 bridgehead atoms. The van der Waals surface area contributed by atoms with Crippen LogP contribution in [0, 0.1) is 0 Å². The van der Waals surface area contributed by atoms with Crippen molar-refractivity contribution in [1.29, 1.82) is 0 Å². The summed E-state index contributed by atoms with van der Waals surface area (Å²) in [5.74, 6) is 1.65. The van der Waals surface area contributed by atoms with E-state index in [0.29, 0.717) is 23.9 Å². The van der Waals surface area contributed by atoms with Crippen LogP contribution < -0.4 is 10.6 Å². The molecule has 3 N–H and O–H groups in total. The Morgan fingerprint density at radius 3 is 2.57 bits per heavy atom. The summed E-state index contributed by atoms with van der Waals surface area (Å²) >= 11 is 0. The fraction of sp³-hybridized carbons (Fsp3) is 0.375. The second-order valence-corrected chi connectivity index (χ2v) is 5.94. The average molecular weight is 319 g/mol. The van der Waals surface area contributed by atoms with Crippen molar-refractivity contribution >= 4 is 17.6 Å². The van der Waals surface area contributed by atoms with Crippen LogP contribution in [0.15, 0.2) is 34.9 Å². The highest BCUT2D eigenvalue weighted by atomic mass is 16.6. The number of aliphatic hydroxyl groups is 1. The Balaban J connectivity index is 1.85. The molecule has 1 amide bonds. The van der Waals surface area contributed by atoms with E-state index in [0.717, 1.165) is 5.69 Å². The number of hydrogen-bond donors (Lipinski definition) is 3. The van der Waals surface area contributed by atoms with Gasteiger partial charge in [0.15, 0.2) is 0 Å². The Bertz CT molecular complexity index is 644. The highest BCUT2D eigenvalue weighted by Crippen LogP contribution is 2.14. The van der Waals surface area contributed by atoms with E-state index in [-0.39, 0.29) is 6.61 Å². The lowest BCUT2D eigenvalue weighted by molar-refractivity contribution is 0.0635. The van der Waals surface area contributed by atoms with Gasteiger partial charge in [0.25, 0.3) is 0 Å². The summed E-state index contributed by atoms with van der Waals surface area (Å²) < 4.78 is 10.5. The highest BCUT2D eigenvalue weighted by molar-refractivity contribution is 5.83. The van der Waals surface area contributed by atoms with Crippen LogP contribution in [0.25, 0.3) is 0 Å². The van der Waals surface area contributed by atoms with Crippen LogP contribution in [0.5, 0.6) is 0 Å². The SMILES string of the molecule is CC(C)(C)OC(=O)Nc1ccc(NCc2ccc(CO)o2)cn1. The average Bonchev–Trinajstić information content (AvgIpc) is 2.92. The van der Waals surface area contributed by atoms with E-state index in [1.165, 1.54) is 0 Å². The Hall–Kier alpha value is -2.54. The number of aromatic nitrogens is 1. The minimum atomic E-state index is -0.554. The highest BCUT2D eigenvalue weighted by Gasteiger charge is 2.16. The van der Waals surface area contributed by atoms with Crippen LogP contribution in [0.4, 0.5) is 16.3 Å². The first-order chi connectivity index (χ1) is 10.9. The van der Waals surface area contributed by atoms with Crippen LogP contribution in [0.2, 0.25) is 0 Å². The summed E-state index contributed by atoms with van der Waals surface area (Å²) in [5.41, 5.74) is 0.226. The van der Waals surface area contributed by atoms with Crippen molar-refractivity contribution in [2.75, 3.05) is 10.6 Å². The second kappa shape index (κ2) is 7.15. The van der Waals surface area contributed by atoms with E-state index < -0.39 is 11.7 Å². The van der Waals surface area contributed by atoms with Crippen LogP contribution in [0.1, 0.15) is 32.3 Å². The van der Waals surface area contributed by atoms with Gasteiger partial charge in [-0.05, 0) is 45.0 Å². The maximum atomic E-state index is 11.6. The monoisotopic (exact) mass is 319 g/mol. The number of pyridine rings is 1. The smallest absolute Gasteiger partial charge is 0.413 e. The quantitative estimate of drug-likeness (QED) is 0.783. The largest absolute Gasteiger partial charge is 0.462 e. The molecule has 0 spiro atoms. The topological polar surface area (TPSA) is 96.6 Å². The molecule has 0 aromatic carbocycles. The number of carbonyl (C=O) groups is 1. The summed E-state index contributed by atoms with van der Waals surface area (Å²) in [6.45, 7) is 5.74. The first-order valence-corrected chi connectivity index (χ1v) is 7.24. The van der Waals surface area contributed by atoms with Crippen LogP contribution in [-0.4, -0.2) is 21.8 Å². The molecule has 0 unspecified atom stereocenters. The Morgan fingerprint density at radius 2 is 2.00 bits per heavy atom. The molecule has 0 fully saturated rings. The van der Waals surface area contributed by atoms with Crippen molar-refractivity contribution in [2.24, 2.45) is 0 Å². The number of nitrogens with zero attached hydrogens (tertiary/aromatic N) is 1. The molecular weight excluding hydrogens is 298 g/mol. The lowest BCUT2D eigenvalue weighted by Gasteiger charge is -2.19. The third-order valence-electron chi connectivity index (χ3n) is 2.73. The second-order valence-electron chi connectivity index (χ2n) is 5.94. The van der Waals surface area contributed by atoms with Crippen molar-refractivity contribution in [2.45, 2.75) is 39.5 Å². The van der Waals surface area contributed by atoms with Gasteiger partial charge in [-0.2, -0.15) is 0 Å². The number of nitrogens with one attached hydrogen (secondary N) is 2. The molecule has 0 radical (unpaired) electrons. The summed E-state index contributed by atoms with van der Waals surface area (Å²) in [5, 5.41) is 14.6. The van der Waals surface area contributed by atoms with Gasteiger partial charge in [0.05, 0.1) is 18.4 Å². The molecule has 2 aromatic rings. The number of ether oxygens (including phenoxy) is 1. The molecule has 0 saturated heterocycles. The molecule has 2 rings (SSSR count). The van der Waals surface area contributed by atoms with Crippen molar-refractivity contribution < 1.29 is 19.1 Å².